The number of amides is 1. The summed E-state index contributed by atoms with van der Waals surface area (Å²) in [6.07, 6.45) is 1.82. The van der Waals surface area contributed by atoms with Gasteiger partial charge in [-0.3, -0.25) is 14.9 Å². The molecule has 0 saturated carbocycles. The second kappa shape index (κ2) is 6.67. The summed E-state index contributed by atoms with van der Waals surface area (Å²) in [5, 5.41) is 14.3. The number of nitro groups is 1. The third-order valence-corrected chi connectivity index (χ3v) is 4.03. The van der Waals surface area contributed by atoms with Crippen molar-refractivity contribution in [3.63, 3.8) is 0 Å². The summed E-state index contributed by atoms with van der Waals surface area (Å²) >= 11 is 0. The average Bonchev–Trinajstić information content (AvgIpc) is 2.53. The number of nitrogens with zero attached hydrogens (tertiary/aromatic N) is 2. The van der Waals surface area contributed by atoms with Gasteiger partial charge in [0.05, 0.1) is 4.92 Å². The van der Waals surface area contributed by atoms with Crippen molar-refractivity contribution in [1.82, 2.24) is 10.2 Å². The topological polar surface area (TPSA) is 75.5 Å². The first-order chi connectivity index (χ1) is 10.1. The lowest BCUT2D eigenvalue weighted by Gasteiger charge is -2.40. The van der Waals surface area contributed by atoms with E-state index < -0.39 is 4.92 Å². The minimum atomic E-state index is -0.472. The van der Waals surface area contributed by atoms with Crippen LogP contribution in [-0.2, 0) is 0 Å². The van der Waals surface area contributed by atoms with Gasteiger partial charge in [0.15, 0.2) is 0 Å². The van der Waals surface area contributed by atoms with Crippen molar-refractivity contribution in [3.8, 4) is 0 Å². The van der Waals surface area contributed by atoms with Crippen LogP contribution in [0.2, 0.25) is 0 Å². The Labute approximate surface area is 124 Å². The summed E-state index contributed by atoms with van der Waals surface area (Å²) in [5.41, 5.74) is 0.343. The summed E-state index contributed by atoms with van der Waals surface area (Å²) in [6, 6.07) is 6.39. The zero-order valence-corrected chi connectivity index (χ0v) is 12.4. The average molecular weight is 291 g/mol. The number of nitro benzene ring substituents is 1. The molecule has 2 unspecified atom stereocenters. The molecular weight excluding hydrogens is 270 g/mol. The predicted octanol–water partition coefficient (Wildman–Crippen LogP) is 2.20. The molecule has 1 aliphatic rings. The molecule has 0 aliphatic carbocycles. The first-order valence-electron chi connectivity index (χ1n) is 7.35. The zero-order chi connectivity index (χ0) is 15.4. The van der Waals surface area contributed by atoms with Crippen LogP contribution < -0.4 is 5.32 Å². The lowest BCUT2D eigenvalue weighted by molar-refractivity contribution is -0.384. The molecule has 0 radical (unpaired) electrons. The van der Waals surface area contributed by atoms with Crippen molar-refractivity contribution in [2.24, 2.45) is 0 Å². The van der Waals surface area contributed by atoms with Gasteiger partial charge in [0.2, 0.25) is 0 Å². The Hall–Kier alpha value is -1.95. The molecule has 114 valence electrons. The van der Waals surface area contributed by atoms with Crippen molar-refractivity contribution in [2.45, 2.75) is 38.8 Å². The van der Waals surface area contributed by atoms with E-state index in [-0.39, 0.29) is 23.7 Å². The number of carbonyl (C=O) groups is 1. The fraction of sp³-hybridized carbons (Fsp3) is 0.533. The maximum absolute atomic E-state index is 12.7. The van der Waals surface area contributed by atoms with Gasteiger partial charge in [-0.05, 0) is 18.9 Å². The number of hydrogen-bond acceptors (Lipinski definition) is 4. The first kappa shape index (κ1) is 15.4. The number of carbonyl (C=O) groups excluding carboxylic acids is 1. The Balaban J connectivity index is 2.23. The zero-order valence-electron chi connectivity index (χ0n) is 12.4. The van der Waals surface area contributed by atoms with E-state index in [9.17, 15) is 14.9 Å². The van der Waals surface area contributed by atoms with E-state index in [1.54, 1.807) is 12.1 Å². The number of hydrogen-bond donors (Lipinski definition) is 1. The fourth-order valence-electron chi connectivity index (χ4n) is 2.67. The third kappa shape index (κ3) is 3.39. The number of rotatable bonds is 4. The largest absolute Gasteiger partial charge is 0.333 e. The smallest absolute Gasteiger partial charge is 0.270 e. The molecule has 1 saturated heterocycles. The van der Waals surface area contributed by atoms with E-state index in [0.29, 0.717) is 12.1 Å². The second-order valence-electron chi connectivity index (χ2n) is 5.34. The van der Waals surface area contributed by atoms with Crippen LogP contribution in [0.15, 0.2) is 24.3 Å². The van der Waals surface area contributed by atoms with E-state index in [0.717, 1.165) is 19.4 Å². The molecule has 0 spiro atoms. The van der Waals surface area contributed by atoms with E-state index >= 15 is 0 Å². The number of nitrogens with one attached hydrogen (secondary N) is 1. The standard InChI is InChI=1S/C15H21N3O3/c1-3-12-10-17(13(4-2)9-16-12)15(19)11-6-5-7-14(8-11)18(20)21/h5-8,12-13,16H,3-4,9-10H2,1-2H3. The van der Waals surface area contributed by atoms with E-state index in [2.05, 4.69) is 12.2 Å². The highest BCUT2D eigenvalue weighted by atomic mass is 16.6. The van der Waals surface area contributed by atoms with Gasteiger partial charge in [0.25, 0.3) is 11.6 Å². The van der Waals surface area contributed by atoms with Gasteiger partial charge >= 0.3 is 0 Å². The van der Waals surface area contributed by atoms with Crippen molar-refractivity contribution in [2.75, 3.05) is 13.1 Å². The molecule has 1 N–H and O–H groups in total. The van der Waals surface area contributed by atoms with Gasteiger partial charge in [-0.15, -0.1) is 0 Å². The van der Waals surface area contributed by atoms with Crippen LogP contribution in [0.1, 0.15) is 37.0 Å². The van der Waals surface area contributed by atoms with E-state index in [4.69, 9.17) is 0 Å². The molecule has 2 rings (SSSR count). The lowest BCUT2D eigenvalue weighted by atomic mass is 10.0. The monoisotopic (exact) mass is 291 g/mol. The molecule has 2 atom stereocenters. The molecule has 1 aliphatic heterocycles. The van der Waals surface area contributed by atoms with Crippen LogP contribution in [0.5, 0.6) is 0 Å². The van der Waals surface area contributed by atoms with Gasteiger partial charge in [-0.2, -0.15) is 0 Å². The van der Waals surface area contributed by atoms with Crippen LogP contribution in [-0.4, -0.2) is 40.9 Å². The van der Waals surface area contributed by atoms with Crippen molar-refractivity contribution in [1.29, 1.82) is 0 Å². The maximum atomic E-state index is 12.7. The number of non-ortho nitro benzene ring substituents is 1. The quantitative estimate of drug-likeness (QED) is 0.681. The summed E-state index contributed by atoms with van der Waals surface area (Å²) in [7, 11) is 0. The Morgan fingerprint density at radius 2 is 2.19 bits per heavy atom. The Morgan fingerprint density at radius 3 is 2.81 bits per heavy atom. The Kier molecular flexibility index (Phi) is 4.90. The van der Waals surface area contributed by atoms with Gasteiger partial charge in [-0.1, -0.05) is 19.9 Å². The Bertz CT molecular complexity index is 533. The van der Waals surface area contributed by atoms with Crippen molar-refractivity contribution in [3.05, 3.63) is 39.9 Å². The Morgan fingerprint density at radius 1 is 1.43 bits per heavy atom. The highest BCUT2D eigenvalue weighted by Crippen LogP contribution is 2.19. The minimum Gasteiger partial charge on any atom is -0.333 e. The fourth-order valence-corrected chi connectivity index (χ4v) is 2.67. The van der Waals surface area contributed by atoms with Gasteiger partial charge in [0.1, 0.15) is 0 Å². The molecule has 0 bridgehead atoms. The molecule has 6 nitrogen and oxygen atoms in total. The van der Waals surface area contributed by atoms with Gasteiger partial charge in [0, 0.05) is 42.9 Å². The molecule has 1 aromatic carbocycles. The molecule has 0 aromatic heterocycles. The summed E-state index contributed by atoms with van der Waals surface area (Å²) in [6.45, 7) is 5.55. The summed E-state index contributed by atoms with van der Waals surface area (Å²) in [4.78, 5) is 24.9. The van der Waals surface area contributed by atoms with Crippen LogP contribution in [0.25, 0.3) is 0 Å². The highest BCUT2D eigenvalue weighted by molar-refractivity contribution is 5.95. The van der Waals surface area contributed by atoms with Crippen molar-refractivity contribution < 1.29 is 9.72 Å². The molecular formula is C15H21N3O3. The van der Waals surface area contributed by atoms with Crippen LogP contribution in [0, 0.1) is 10.1 Å². The maximum Gasteiger partial charge on any atom is 0.270 e. The summed E-state index contributed by atoms with van der Waals surface area (Å²) in [5.74, 6) is -0.120. The molecule has 21 heavy (non-hydrogen) atoms. The minimum absolute atomic E-state index is 0.0453. The molecule has 6 heteroatoms. The van der Waals surface area contributed by atoms with Crippen molar-refractivity contribution >= 4 is 11.6 Å². The lowest BCUT2D eigenvalue weighted by Crippen LogP contribution is -2.57. The highest BCUT2D eigenvalue weighted by Gasteiger charge is 2.30. The van der Waals surface area contributed by atoms with E-state index in [1.165, 1.54) is 12.1 Å². The molecule has 1 amide bonds. The van der Waals surface area contributed by atoms with Crippen LogP contribution in [0.4, 0.5) is 5.69 Å². The molecule has 1 aromatic rings. The first-order valence-corrected chi connectivity index (χ1v) is 7.35. The predicted molar refractivity (Wildman–Crippen MR) is 80.3 cm³/mol. The van der Waals surface area contributed by atoms with E-state index in [1.807, 2.05) is 11.8 Å². The normalized spacial score (nSPS) is 22.1. The number of benzene rings is 1. The van der Waals surface area contributed by atoms with Gasteiger partial charge in [-0.25, -0.2) is 0 Å². The van der Waals surface area contributed by atoms with Crippen LogP contribution >= 0.6 is 0 Å². The van der Waals surface area contributed by atoms with Crippen LogP contribution in [0.3, 0.4) is 0 Å². The molecule has 1 fully saturated rings. The summed E-state index contributed by atoms with van der Waals surface area (Å²) < 4.78 is 0. The van der Waals surface area contributed by atoms with Gasteiger partial charge < -0.3 is 10.2 Å². The molecule has 1 heterocycles. The second-order valence-corrected chi connectivity index (χ2v) is 5.34. The third-order valence-electron chi connectivity index (χ3n) is 4.03. The number of piperazine rings is 1. The SMILES string of the molecule is CCC1CN(C(=O)c2cccc([N+](=O)[O-])c2)C(CC)CN1.